The number of nitrogens with zero attached hydrogens (tertiary/aromatic N) is 2. The maximum atomic E-state index is 8.64. The summed E-state index contributed by atoms with van der Waals surface area (Å²) in [4.78, 5) is 3.87. The lowest BCUT2D eigenvalue weighted by Gasteiger charge is -2.13. The van der Waals surface area contributed by atoms with Gasteiger partial charge < -0.3 is 5.73 Å². The van der Waals surface area contributed by atoms with E-state index >= 15 is 0 Å². The van der Waals surface area contributed by atoms with E-state index in [0.717, 1.165) is 5.56 Å². The second kappa shape index (κ2) is 2.69. The first kappa shape index (κ1) is 7.70. The van der Waals surface area contributed by atoms with Gasteiger partial charge in [0, 0.05) is 18.0 Å². The molecule has 0 aliphatic carbocycles. The van der Waals surface area contributed by atoms with Crippen LogP contribution >= 0.6 is 0 Å². The van der Waals surface area contributed by atoms with Crippen molar-refractivity contribution in [3.05, 3.63) is 30.1 Å². The monoisotopic (exact) mass is 147 g/mol. The molecule has 0 saturated carbocycles. The Hall–Kier alpha value is -1.40. The predicted molar refractivity (Wildman–Crippen MR) is 41.4 cm³/mol. The molecule has 0 aromatic carbocycles. The number of aromatic nitrogens is 1. The van der Waals surface area contributed by atoms with Crippen molar-refractivity contribution in [2.75, 3.05) is 0 Å². The van der Waals surface area contributed by atoms with E-state index < -0.39 is 5.54 Å². The molecule has 3 nitrogen and oxygen atoms in total. The largest absolute Gasteiger partial charge is 0.310 e. The average Bonchev–Trinajstić information content (AvgIpc) is 2.06. The van der Waals surface area contributed by atoms with Crippen LogP contribution in [0.3, 0.4) is 0 Å². The molecule has 1 aromatic heterocycles. The topological polar surface area (TPSA) is 62.7 Å². The Morgan fingerprint density at radius 1 is 1.73 bits per heavy atom. The Morgan fingerprint density at radius 3 is 2.91 bits per heavy atom. The quantitative estimate of drug-likeness (QED) is 0.638. The van der Waals surface area contributed by atoms with Crippen LogP contribution in [0.25, 0.3) is 0 Å². The molecule has 0 bridgehead atoms. The lowest BCUT2D eigenvalue weighted by Crippen LogP contribution is -2.30. The molecular formula is C8H9N3. The smallest absolute Gasteiger partial charge is 0.128 e. The van der Waals surface area contributed by atoms with E-state index in [1.807, 2.05) is 6.07 Å². The Labute approximate surface area is 65.5 Å². The number of hydrogen-bond acceptors (Lipinski definition) is 3. The maximum absolute atomic E-state index is 8.64. The molecule has 1 unspecified atom stereocenters. The van der Waals surface area contributed by atoms with Crippen molar-refractivity contribution >= 4 is 0 Å². The molecule has 3 heteroatoms. The van der Waals surface area contributed by atoms with Crippen LogP contribution in [0.1, 0.15) is 12.5 Å². The van der Waals surface area contributed by atoms with Gasteiger partial charge in [0.15, 0.2) is 0 Å². The van der Waals surface area contributed by atoms with Crippen molar-refractivity contribution in [2.45, 2.75) is 12.5 Å². The van der Waals surface area contributed by atoms with Crippen LogP contribution in [0.15, 0.2) is 24.5 Å². The lowest BCUT2D eigenvalue weighted by atomic mass is 9.97. The molecule has 0 spiro atoms. The number of pyridine rings is 1. The highest BCUT2D eigenvalue weighted by molar-refractivity contribution is 5.25. The molecule has 11 heavy (non-hydrogen) atoms. The van der Waals surface area contributed by atoms with E-state index in [9.17, 15) is 0 Å². The fraction of sp³-hybridized carbons (Fsp3) is 0.250. The van der Waals surface area contributed by atoms with Crippen LogP contribution in [0.2, 0.25) is 0 Å². The van der Waals surface area contributed by atoms with Crippen molar-refractivity contribution < 1.29 is 0 Å². The molecule has 0 fully saturated rings. The highest BCUT2D eigenvalue weighted by Gasteiger charge is 2.19. The van der Waals surface area contributed by atoms with Gasteiger partial charge in [-0.25, -0.2) is 0 Å². The minimum absolute atomic E-state index is 0.738. The summed E-state index contributed by atoms with van der Waals surface area (Å²) in [5.41, 5.74) is 5.45. The Kier molecular flexibility index (Phi) is 1.88. The van der Waals surface area contributed by atoms with Gasteiger partial charge in [-0.2, -0.15) is 5.26 Å². The van der Waals surface area contributed by atoms with E-state index in [1.54, 1.807) is 31.5 Å². The summed E-state index contributed by atoms with van der Waals surface area (Å²) >= 11 is 0. The van der Waals surface area contributed by atoms with Crippen LogP contribution in [0.4, 0.5) is 0 Å². The van der Waals surface area contributed by atoms with Gasteiger partial charge in [-0.15, -0.1) is 0 Å². The van der Waals surface area contributed by atoms with E-state index in [0.29, 0.717) is 0 Å². The summed E-state index contributed by atoms with van der Waals surface area (Å²) < 4.78 is 0. The van der Waals surface area contributed by atoms with Gasteiger partial charge in [0.05, 0.1) is 6.07 Å². The Bertz CT molecular complexity index is 271. The van der Waals surface area contributed by atoms with Gasteiger partial charge in [0.1, 0.15) is 5.54 Å². The van der Waals surface area contributed by atoms with Crippen LogP contribution in [0, 0.1) is 11.3 Å². The Balaban J connectivity index is 3.05. The summed E-state index contributed by atoms with van der Waals surface area (Å²) in [7, 11) is 0. The lowest BCUT2D eigenvalue weighted by molar-refractivity contribution is 0.643. The van der Waals surface area contributed by atoms with Crippen LogP contribution < -0.4 is 5.73 Å². The van der Waals surface area contributed by atoms with Crippen LogP contribution in [0.5, 0.6) is 0 Å². The number of nitriles is 1. The van der Waals surface area contributed by atoms with E-state index in [2.05, 4.69) is 4.98 Å². The number of hydrogen-bond donors (Lipinski definition) is 1. The molecule has 0 aliphatic rings. The zero-order chi connectivity index (χ0) is 8.32. The first-order valence-corrected chi connectivity index (χ1v) is 3.27. The molecule has 0 radical (unpaired) electrons. The van der Waals surface area contributed by atoms with E-state index in [4.69, 9.17) is 11.0 Å². The Morgan fingerprint density at radius 2 is 2.45 bits per heavy atom. The summed E-state index contributed by atoms with van der Waals surface area (Å²) in [5, 5.41) is 8.64. The third-order valence-electron chi connectivity index (χ3n) is 1.49. The van der Waals surface area contributed by atoms with Gasteiger partial charge in [-0.1, -0.05) is 6.07 Å². The third kappa shape index (κ3) is 1.54. The minimum Gasteiger partial charge on any atom is -0.310 e. The van der Waals surface area contributed by atoms with Gasteiger partial charge in [0.25, 0.3) is 0 Å². The minimum atomic E-state index is -0.922. The zero-order valence-electron chi connectivity index (χ0n) is 6.28. The predicted octanol–water partition coefficient (Wildman–Crippen LogP) is 0.779. The van der Waals surface area contributed by atoms with Crippen molar-refractivity contribution in [1.29, 1.82) is 5.26 Å². The van der Waals surface area contributed by atoms with Crippen molar-refractivity contribution in [3.8, 4) is 6.07 Å². The van der Waals surface area contributed by atoms with Gasteiger partial charge in [-0.3, -0.25) is 4.98 Å². The van der Waals surface area contributed by atoms with Crippen molar-refractivity contribution in [3.63, 3.8) is 0 Å². The summed E-state index contributed by atoms with van der Waals surface area (Å²) in [6, 6.07) is 5.54. The summed E-state index contributed by atoms with van der Waals surface area (Å²) in [5.74, 6) is 0. The van der Waals surface area contributed by atoms with Gasteiger partial charge in [-0.05, 0) is 13.0 Å². The van der Waals surface area contributed by atoms with Crippen molar-refractivity contribution in [1.82, 2.24) is 4.98 Å². The average molecular weight is 147 g/mol. The molecule has 1 heterocycles. The molecule has 1 rings (SSSR count). The molecular weight excluding hydrogens is 138 g/mol. The standard InChI is InChI=1S/C8H9N3/c1-8(10,6-9)7-3-2-4-11-5-7/h2-5H,10H2,1H3. The van der Waals surface area contributed by atoms with Gasteiger partial charge in [0.2, 0.25) is 0 Å². The van der Waals surface area contributed by atoms with E-state index in [1.165, 1.54) is 0 Å². The second-order valence-electron chi connectivity index (χ2n) is 2.56. The second-order valence-corrected chi connectivity index (χ2v) is 2.56. The normalized spacial score (nSPS) is 15.0. The first-order valence-electron chi connectivity index (χ1n) is 3.27. The molecule has 0 amide bonds. The molecule has 0 aliphatic heterocycles. The first-order chi connectivity index (χ1) is 5.17. The molecule has 0 saturated heterocycles. The van der Waals surface area contributed by atoms with Crippen LogP contribution in [-0.4, -0.2) is 4.98 Å². The van der Waals surface area contributed by atoms with Crippen LogP contribution in [-0.2, 0) is 5.54 Å². The third-order valence-corrected chi connectivity index (χ3v) is 1.49. The fourth-order valence-electron chi connectivity index (χ4n) is 0.735. The fourth-order valence-corrected chi connectivity index (χ4v) is 0.735. The molecule has 1 atom stereocenters. The van der Waals surface area contributed by atoms with E-state index in [-0.39, 0.29) is 0 Å². The van der Waals surface area contributed by atoms with Gasteiger partial charge >= 0.3 is 0 Å². The highest BCUT2D eigenvalue weighted by Crippen LogP contribution is 2.13. The number of rotatable bonds is 1. The SMILES string of the molecule is CC(N)(C#N)c1cccnc1. The molecule has 56 valence electrons. The zero-order valence-corrected chi connectivity index (χ0v) is 6.28. The number of nitrogens with two attached hydrogens (primary N) is 1. The summed E-state index contributed by atoms with van der Waals surface area (Å²) in [6.45, 7) is 1.66. The molecule has 2 N–H and O–H groups in total. The van der Waals surface area contributed by atoms with Crippen molar-refractivity contribution in [2.24, 2.45) is 5.73 Å². The molecule has 1 aromatic rings. The highest BCUT2D eigenvalue weighted by atomic mass is 14.7. The maximum Gasteiger partial charge on any atom is 0.128 e. The summed E-state index contributed by atoms with van der Waals surface area (Å²) in [6.07, 6.45) is 3.25.